The molecule has 3 heterocycles. The van der Waals surface area contributed by atoms with Gasteiger partial charge in [-0.3, -0.25) is 4.79 Å². The van der Waals surface area contributed by atoms with Crippen molar-refractivity contribution >= 4 is 28.8 Å². The van der Waals surface area contributed by atoms with Crippen LogP contribution in [0.25, 0.3) is 5.57 Å². The van der Waals surface area contributed by atoms with Crippen molar-refractivity contribution < 1.29 is 26.7 Å². The second-order valence-electron chi connectivity index (χ2n) is 10.3. The zero-order valence-corrected chi connectivity index (χ0v) is 22.6. The maximum absolute atomic E-state index is 15.8. The summed E-state index contributed by atoms with van der Waals surface area (Å²) in [6.45, 7) is 4.65. The molecule has 5 rings (SSSR count). The molecule has 1 saturated heterocycles. The second-order valence-corrected chi connectivity index (χ2v) is 10.3. The predicted molar refractivity (Wildman–Crippen MR) is 147 cm³/mol. The number of halogens is 5. The van der Waals surface area contributed by atoms with Crippen molar-refractivity contribution in [2.24, 2.45) is 0 Å². The summed E-state index contributed by atoms with van der Waals surface area (Å²) in [5, 5.41) is 2.58. The van der Waals surface area contributed by atoms with Crippen LogP contribution in [0.4, 0.5) is 39.3 Å². The Hall–Kier alpha value is -4.06. The number of hydrogen-bond acceptors (Lipinski definition) is 6. The minimum Gasteiger partial charge on any atom is -0.367 e. The van der Waals surface area contributed by atoms with Gasteiger partial charge in [-0.05, 0) is 62.4 Å². The zero-order valence-electron chi connectivity index (χ0n) is 22.6. The molecule has 1 aromatic heterocycles. The smallest absolute Gasteiger partial charge is 0.367 e. The van der Waals surface area contributed by atoms with Gasteiger partial charge in [0, 0.05) is 56.7 Å². The Morgan fingerprint density at radius 1 is 1.02 bits per heavy atom. The number of benzene rings is 2. The van der Waals surface area contributed by atoms with Gasteiger partial charge in [0.1, 0.15) is 11.6 Å². The Labute approximate surface area is 234 Å². The van der Waals surface area contributed by atoms with E-state index in [1.807, 2.05) is 29.8 Å². The topological polar surface area (TPSA) is 64.6 Å². The molecule has 1 N–H and O–H groups in total. The molecular weight excluding hydrogens is 543 g/mol. The molecule has 2 aromatic carbocycles. The van der Waals surface area contributed by atoms with Crippen LogP contribution in [0.2, 0.25) is 0 Å². The van der Waals surface area contributed by atoms with Crippen LogP contribution >= 0.6 is 0 Å². The highest BCUT2D eigenvalue weighted by Gasteiger charge is 2.36. The van der Waals surface area contributed by atoms with E-state index in [4.69, 9.17) is 0 Å². The van der Waals surface area contributed by atoms with Gasteiger partial charge in [0.05, 0.1) is 22.5 Å². The number of nitrogens with one attached hydrogen (secondary N) is 1. The highest BCUT2D eigenvalue weighted by molar-refractivity contribution is 6.07. The van der Waals surface area contributed by atoms with Crippen LogP contribution in [0.5, 0.6) is 0 Å². The molecule has 7 nitrogen and oxygen atoms in total. The van der Waals surface area contributed by atoms with Crippen LogP contribution in [0.1, 0.15) is 34.8 Å². The molecule has 1 amide bonds. The first-order valence-electron chi connectivity index (χ1n) is 13.2. The molecule has 0 spiro atoms. The lowest BCUT2D eigenvalue weighted by Gasteiger charge is -2.40. The first-order valence-corrected chi connectivity index (χ1v) is 13.2. The van der Waals surface area contributed by atoms with Crippen LogP contribution in [0.15, 0.2) is 54.9 Å². The lowest BCUT2D eigenvalue weighted by atomic mass is 9.98. The number of amides is 1. The van der Waals surface area contributed by atoms with Crippen molar-refractivity contribution in [1.82, 2.24) is 14.9 Å². The fourth-order valence-electron chi connectivity index (χ4n) is 5.14. The van der Waals surface area contributed by atoms with Gasteiger partial charge in [-0.2, -0.15) is 13.2 Å². The molecule has 0 aliphatic carbocycles. The van der Waals surface area contributed by atoms with Gasteiger partial charge in [-0.1, -0.05) is 6.08 Å². The number of nitrogens with zero attached hydrogens (tertiary/aromatic N) is 5. The Morgan fingerprint density at radius 3 is 2.49 bits per heavy atom. The Kier molecular flexibility index (Phi) is 7.94. The molecule has 41 heavy (non-hydrogen) atoms. The normalized spacial score (nSPS) is 18.3. The predicted octanol–water partition coefficient (Wildman–Crippen LogP) is 5.46. The fourth-order valence-corrected chi connectivity index (χ4v) is 5.14. The molecule has 12 heteroatoms. The number of aromatic nitrogens is 2. The summed E-state index contributed by atoms with van der Waals surface area (Å²) < 4.78 is 70.5. The van der Waals surface area contributed by atoms with E-state index in [9.17, 15) is 22.4 Å². The van der Waals surface area contributed by atoms with Gasteiger partial charge >= 0.3 is 6.18 Å². The number of carbonyl (C=O) groups is 1. The summed E-state index contributed by atoms with van der Waals surface area (Å²) >= 11 is 0. The van der Waals surface area contributed by atoms with Crippen LogP contribution in [0, 0.1) is 11.6 Å². The Balaban J connectivity index is 1.53. The van der Waals surface area contributed by atoms with Crippen LogP contribution in [-0.4, -0.2) is 66.6 Å². The van der Waals surface area contributed by atoms with Gasteiger partial charge < -0.3 is 20.0 Å². The summed E-state index contributed by atoms with van der Waals surface area (Å²) in [4.78, 5) is 27.8. The number of piperazine rings is 1. The summed E-state index contributed by atoms with van der Waals surface area (Å²) in [5.74, 6) is -2.22. The average Bonchev–Trinajstić information content (AvgIpc) is 2.95. The number of carbonyl (C=O) groups excluding carboxylic acids is 1. The van der Waals surface area contributed by atoms with E-state index in [1.165, 1.54) is 12.1 Å². The summed E-state index contributed by atoms with van der Waals surface area (Å²) in [5.41, 5.74) is -0.758. The minimum absolute atomic E-state index is 0.115. The van der Waals surface area contributed by atoms with E-state index in [1.54, 1.807) is 18.5 Å². The molecule has 1 fully saturated rings. The number of anilines is 3. The van der Waals surface area contributed by atoms with Crippen LogP contribution in [0.3, 0.4) is 0 Å². The van der Waals surface area contributed by atoms with Gasteiger partial charge in [0.2, 0.25) is 5.95 Å². The van der Waals surface area contributed by atoms with E-state index in [0.29, 0.717) is 62.4 Å². The third-order valence-corrected chi connectivity index (χ3v) is 7.50. The van der Waals surface area contributed by atoms with Gasteiger partial charge in [-0.25, -0.2) is 18.7 Å². The molecule has 3 aromatic rings. The average molecular weight is 573 g/mol. The maximum atomic E-state index is 15.8. The number of rotatable bonds is 5. The quantitative estimate of drug-likeness (QED) is 0.410. The van der Waals surface area contributed by atoms with Crippen molar-refractivity contribution in [2.75, 3.05) is 54.9 Å². The summed E-state index contributed by atoms with van der Waals surface area (Å²) in [6.07, 6.45) is 0.768. The van der Waals surface area contributed by atoms with Crippen molar-refractivity contribution in [3.63, 3.8) is 0 Å². The summed E-state index contributed by atoms with van der Waals surface area (Å²) in [6, 6.07) is 6.49. The van der Waals surface area contributed by atoms with Gasteiger partial charge in [-0.15, -0.1) is 0 Å². The lowest BCUT2D eigenvalue weighted by molar-refractivity contribution is -0.138. The van der Waals surface area contributed by atoms with E-state index in [0.717, 1.165) is 12.1 Å². The second kappa shape index (κ2) is 11.4. The lowest BCUT2D eigenvalue weighted by Crippen LogP contribution is -2.50. The minimum atomic E-state index is -4.95. The van der Waals surface area contributed by atoms with Crippen molar-refractivity contribution in [3.05, 3.63) is 83.2 Å². The van der Waals surface area contributed by atoms with Crippen molar-refractivity contribution in [3.8, 4) is 0 Å². The molecule has 0 radical (unpaired) electrons. The number of likely N-dealkylation sites (N-methyl/N-ethyl adjacent to an activating group) is 1. The molecule has 0 unspecified atom stereocenters. The first kappa shape index (κ1) is 28.5. The first-order chi connectivity index (χ1) is 19.5. The fraction of sp³-hybridized carbons (Fsp3) is 0.345. The summed E-state index contributed by atoms with van der Waals surface area (Å²) in [7, 11) is 1.97. The standard InChI is InChI=1S/C29H29F5N6O/c1-18-16-39(12-11-38(18)2)26-15-24(31)22(19-5-3-10-40(17-19)28-35-8-4-9-36-28)14-25(26)37-27(41)21-7-6-20(30)13-23(21)29(32,33)34/h4-9,13-15,18H,3,10-12,16-17H2,1-2H3,(H,37,41)/t18-/m0/s1. The molecule has 1 atom stereocenters. The van der Waals surface area contributed by atoms with E-state index in [-0.39, 0.29) is 17.3 Å². The highest BCUT2D eigenvalue weighted by Crippen LogP contribution is 2.37. The van der Waals surface area contributed by atoms with E-state index in [2.05, 4.69) is 20.2 Å². The molecule has 216 valence electrons. The van der Waals surface area contributed by atoms with E-state index >= 15 is 4.39 Å². The van der Waals surface area contributed by atoms with Crippen molar-refractivity contribution in [1.29, 1.82) is 0 Å². The Morgan fingerprint density at radius 2 is 1.78 bits per heavy atom. The zero-order chi connectivity index (χ0) is 29.3. The van der Waals surface area contributed by atoms with Crippen molar-refractivity contribution in [2.45, 2.75) is 25.6 Å². The third-order valence-electron chi connectivity index (χ3n) is 7.50. The third kappa shape index (κ3) is 6.17. The SMILES string of the molecule is C[C@H]1CN(c2cc(F)c(C3=CCCN(c4ncccn4)C3)cc2NC(=O)c2ccc(F)cc2C(F)(F)F)CCN1C. The highest BCUT2D eigenvalue weighted by atomic mass is 19.4. The molecule has 0 saturated carbocycles. The largest absolute Gasteiger partial charge is 0.417 e. The van der Waals surface area contributed by atoms with Crippen LogP contribution < -0.4 is 15.1 Å². The number of hydrogen-bond donors (Lipinski definition) is 1. The monoisotopic (exact) mass is 572 g/mol. The molecule has 2 aliphatic rings. The number of alkyl halides is 3. The molecule has 2 aliphatic heterocycles. The van der Waals surface area contributed by atoms with Gasteiger partial charge in [0.25, 0.3) is 5.91 Å². The molecule has 0 bridgehead atoms. The maximum Gasteiger partial charge on any atom is 0.417 e. The van der Waals surface area contributed by atoms with E-state index < -0.39 is 34.8 Å². The molecular formula is C29H29F5N6O. The van der Waals surface area contributed by atoms with Gasteiger partial charge in [0.15, 0.2) is 0 Å². The van der Waals surface area contributed by atoms with Crippen LogP contribution in [-0.2, 0) is 6.18 Å². The Bertz CT molecular complexity index is 1460.